The van der Waals surface area contributed by atoms with Gasteiger partial charge in [-0.15, -0.1) is 0 Å². The normalized spacial score (nSPS) is 22.9. The Morgan fingerprint density at radius 1 is 0.921 bits per heavy atom. The van der Waals surface area contributed by atoms with Gasteiger partial charge in [0.1, 0.15) is 0 Å². The molecule has 2 aromatic carbocycles. The second-order valence-corrected chi connectivity index (χ2v) is 12.4. The van der Waals surface area contributed by atoms with Crippen LogP contribution in [0.4, 0.5) is 5.95 Å². The number of nitrogens with one attached hydrogen (secondary N) is 1. The molecule has 2 heterocycles. The van der Waals surface area contributed by atoms with Crippen molar-refractivity contribution in [1.82, 2.24) is 19.6 Å². The summed E-state index contributed by atoms with van der Waals surface area (Å²) in [4.78, 5) is 14.3. The summed E-state index contributed by atoms with van der Waals surface area (Å²) in [6, 6.07) is 21.6. The fourth-order valence-corrected chi connectivity index (χ4v) is 7.57. The summed E-state index contributed by atoms with van der Waals surface area (Å²) in [5.41, 5.74) is 1.31. The molecule has 1 N–H and O–H groups in total. The minimum absolute atomic E-state index is 0.0665. The minimum atomic E-state index is -3.54. The molecule has 1 aliphatic carbocycles. The number of rotatable bonds is 10. The summed E-state index contributed by atoms with van der Waals surface area (Å²) < 4.78 is 29.1. The van der Waals surface area contributed by atoms with Crippen LogP contribution < -0.4 is 9.62 Å². The molecule has 0 spiro atoms. The molecule has 38 heavy (non-hydrogen) atoms. The highest BCUT2D eigenvalue weighted by Gasteiger charge is 2.38. The number of likely N-dealkylation sites (tertiary alicyclic amines) is 1. The average molecular weight is 534 g/mol. The SMILES string of the molecule is CCCN(c1ncccn1)C1CCN(C[C@H]2C[C@H](NS(=O)(=O)c3ccccc3)C[C@@H]2c2ccccc2)CC1. The van der Waals surface area contributed by atoms with Gasteiger partial charge in [0.05, 0.1) is 4.90 Å². The molecule has 1 saturated carbocycles. The summed E-state index contributed by atoms with van der Waals surface area (Å²) in [5.74, 6) is 1.58. The molecule has 3 atom stereocenters. The van der Waals surface area contributed by atoms with E-state index >= 15 is 0 Å². The van der Waals surface area contributed by atoms with Crippen LogP contribution in [-0.4, -0.2) is 61.5 Å². The van der Waals surface area contributed by atoms with Crippen LogP contribution in [-0.2, 0) is 10.0 Å². The van der Waals surface area contributed by atoms with Gasteiger partial charge in [-0.05, 0) is 67.7 Å². The number of sulfonamides is 1. The molecule has 0 amide bonds. The topological polar surface area (TPSA) is 78.4 Å². The first-order chi connectivity index (χ1) is 18.5. The van der Waals surface area contributed by atoms with Crippen LogP contribution in [0.3, 0.4) is 0 Å². The van der Waals surface area contributed by atoms with E-state index in [1.165, 1.54) is 5.56 Å². The number of anilines is 1. The second-order valence-electron chi connectivity index (χ2n) is 10.7. The highest BCUT2D eigenvalue weighted by molar-refractivity contribution is 7.89. The molecule has 202 valence electrons. The zero-order valence-corrected chi connectivity index (χ0v) is 23.0. The van der Waals surface area contributed by atoms with E-state index in [1.54, 1.807) is 24.3 Å². The maximum Gasteiger partial charge on any atom is 0.240 e. The lowest BCUT2D eigenvalue weighted by molar-refractivity contribution is 0.174. The number of benzene rings is 2. The molecule has 1 aliphatic heterocycles. The molecule has 7 nitrogen and oxygen atoms in total. The summed E-state index contributed by atoms with van der Waals surface area (Å²) in [6.07, 6.45) is 8.58. The monoisotopic (exact) mass is 533 g/mol. The van der Waals surface area contributed by atoms with Crippen molar-refractivity contribution in [2.45, 2.75) is 61.9 Å². The Hall–Kier alpha value is -2.81. The van der Waals surface area contributed by atoms with Gasteiger partial charge in [0.15, 0.2) is 0 Å². The van der Waals surface area contributed by atoms with Gasteiger partial charge in [-0.2, -0.15) is 0 Å². The standard InChI is InChI=1S/C30H39N5O2S/c1-2-18-35(30-31-16-9-17-32-30)27-14-19-34(20-15-27)23-25-21-26(22-29(25)24-10-5-3-6-11-24)33-38(36,37)28-12-7-4-8-13-28/h3-13,16-17,25-27,29,33H,2,14-15,18-23H2,1H3/t25-,26+,29-/m1/s1. The first-order valence-corrected chi connectivity index (χ1v) is 15.4. The van der Waals surface area contributed by atoms with Crippen LogP contribution >= 0.6 is 0 Å². The largest absolute Gasteiger partial charge is 0.338 e. The predicted molar refractivity (Wildman–Crippen MR) is 152 cm³/mol. The molecular formula is C30H39N5O2S. The predicted octanol–water partition coefficient (Wildman–Crippen LogP) is 4.70. The van der Waals surface area contributed by atoms with Crippen molar-refractivity contribution in [3.8, 4) is 0 Å². The van der Waals surface area contributed by atoms with Crippen molar-refractivity contribution in [1.29, 1.82) is 0 Å². The molecule has 1 aromatic heterocycles. The number of nitrogens with zero attached hydrogens (tertiary/aromatic N) is 4. The Bertz CT molecular complexity index is 1240. The zero-order valence-electron chi connectivity index (χ0n) is 22.2. The molecular weight excluding hydrogens is 494 g/mol. The van der Waals surface area contributed by atoms with Gasteiger partial charge in [0.25, 0.3) is 0 Å². The average Bonchev–Trinajstić information content (AvgIpc) is 3.35. The minimum Gasteiger partial charge on any atom is -0.338 e. The maximum absolute atomic E-state index is 13.1. The first-order valence-electron chi connectivity index (χ1n) is 13.9. The summed E-state index contributed by atoms with van der Waals surface area (Å²) in [5, 5.41) is 0. The van der Waals surface area contributed by atoms with Crippen molar-refractivity contribution in [3.05, 3.63) is 84.7 Å². The smallest absolute Gasteiger partial charge is 0.240 e. The molecule has 8 heteroatoms. The van der Waals surface area contributed by atoms with Crippen LogP contribution in [0.25, 0.3) is 0 Å². The van der Waals surface area contributed by atoms with E-state index in [4.69, 9.17) is 0 Å². The highest BCUT2D eigenvalue weighted by Crippen LogP contribution is 2.41. The second kappa shape index (κ2) is 12.4. The number of hydrogen-bond acceptors (Lipinski definition) is 6. The lowest BCUT2D eigenvalue weighted by Gasteiger charge is -2.39. The van der Waals surface area contributed by atoms with Gasteiger partial charge in [0.2, 0.25) is 16.0 Å². The lowest BCUT2D eigenvalue weighted by atomic mass is 9.88. The lowest BCUT2D eigenvalue weighted by Crippen LogP contribution is -2.47. The number of piperidine rings is 1. The first kappa shape index (κ1) is 26.8. The molecule has 0 unspecified atom stereocenters. The summed E-state index contributed by atoms with van der Waals surface area (Å²) in [7, 11) is -3.54. The van der Waals surface area contributed by atoms with E-state index < -0.39 is 10.0 Å². The quantitative estimate of drug-likeness (QED) is 0.407. The third-order valence-electron chi connectivity index (χ3n) is 8.06. The Labute approximate surface area is 227 Å². The van der Waals surface area contributed by atoms with Crippen LogP contribution in [0.2, 0.25) is 0 Å². The van der Waals surface area contributed by atoms with Crippen molar-refractivity contribution < 1.29 is 8.42 Å². The Kier molecular flexibility index (Phi) is 8.72. The van der Waals surface area contributed by atoms with Crippen molar-refractivity contribution in [2.75, 3.05) is 31.1 Å². The van der Waals surface area contributed by atoms with Crippen molar-refractivity contribution in [2.24, 2.45) is 5.92 Å². The van der Waals surface area contributed by atoms with Crippen LogP contribution in [0.5, 0.6) is 0 Å². The van der Waals surface area contributed by atoms with Gasteiger partial charge in [-0.3, -0.25) is 0 Å². The molecule has 0 radical (unpaired) electrons. The van der Waals surface area contributed by atoms with Crippen LogP contribution in [0, 0.1) is 5.92 Å². The Morgan fingerprint density at radius 3 is 2.24 bits per heavy atom. The van der Waals surface area contributed by atoms with Gasteiger partial charge in [-0.25, -0.2) is 23.1 Å². The van der Waals surface area contributed by atoms with Gasteiger partial charge in [-0.1, -0.05) is 55.5 Å². The van der Waals surface area contributed by atoms with E-state index in [2.05, 4.69) is 55.7 Å². The van der Waals surface area contributed by atoms with Gasteiger partial charge >= 0.3 is 0 Å². The third kappa shape index (κ3) is 6.42. The van der Waals surface area contributed by atoms with E-state index in [1.807, 2.05) is 30.6 Å². The fourth-order valence-electron chi connectivity index (χ4n) is 6.29. The maximum atomic E-state index is 13.1. The van der Waals surface area contributed by atoms with Crippen LogP contribution in [0.1, 0.15) is 50.5 Å². The Morgan fingerprint density at radius 2 is 1.58 bits per heavy atom. The summed E-state index contributed by atoms with van der Waals surface area (Å²) in [6.45, 7) is 6.24. The zero-order chi connectivity index (χ0) is 26.4. The molecule has 1 saturated heterocycles. The van der Waals surface area contributed by atoms with Crippen molar-refractivity contribution >= 4 is 16.0 Å². The molecule has 0 bridgehead atoms. The highest BCUT2D eigenvalue weighted by atomic mass is 32.2. The van der Waals surface area contributed by atoms with E-state index in [0.29, 0.717) is 22.8 Å². The Balaban J connectivity index is 1.25. The fraction of sp³-hybridized carbons (Fsp3) is 0.467. The van der Waals surface area contributed by atoms with E-state index in [0.717, 1.165) is 64.2 Å². The van der Waals surface area contributed by atoms with Crippen LogP contribution in [0.15, 0.2) is 84.0 Å². The molecule has 2 fully saturated rings. The molecule has 2 aliphatic rings. The molecule has 3 aromatic rings. The molecule has 5 rings (SSSR count). The summed E-state index contributed by atoms with van der Waals surface area (Å²) >= 11 is 0. The van der Waals surface area contributed by atoms with Crippen molar-refractivity contribution in [3.63, 3.8) is 0 Å². The van der Waals surface area contributed by atoms with E-state index in [9.17, 15) is 8.42 Å². The van der Waals surface area contributed by atoms with Gasteiger partial charge < -0.3 is 9.80 Å². The van der Waals surface area contributed by atoms with E-state index in [-0.39, 0.29) is 6.04 Å². The third-order valence-corrected chi connectivity index (χ3v) is 9.60. The number of hydrogen-bond donors (Lipinski definition) is 1. The van der Waals surface area contributed by atoms with Gasteiger partial charge in [0, 0.05) is 50.7 Å². The number of aromatic nitrogens is 2.